The van der Waals surface area contributed by atoms with Gasteiger partial charge in [-0.05, 0) is 0 Å². The summed E-state index contributed by atoms with van der Waals surface area (Å²) in [4.78, 5) is 10.8. The molecule has 0 bridgehead atoms. The summed E-state index contributed by atoms with van der Waals surface area (Å²) >= 11 is 0. The molecule has 0 heterocycles. The van der Waals surface area contributed by atoms with Gasteiger partial charge in [-0.1, -0.05) is 6.92 Å². The van der Waals surface area contributed by atoms with Crippen LogP contribution in [0.15, 0.2) is 0 Å². The van der Waals surface area contributed by atoms with Gasteiger partial charge in [0.1, 0.15) is 0 Å². The Kier molecular flexibility index (Phi) is 4.18. The number of carbonyl (C=O) groups excluding carboxylic acids is 1. The molecule has 0 aliphatic rings. The summed E-state index contributed by atoms with van der Waals surface area (Å²) in [5.41, 5.74) is 10.4. The first kappa shape index (κ1) is 9.55. The SMILES string of the molecule is CCC(=O)C(N)C(O)CN. The second-order valence-corrected chi connectivity index (χ2v) is 2.15. The summed E-state index contributed by atoms with van der Waals surface area (Å²) in [7, 11) is 0. The molecule has 0 aromatic rings. The molecule has 0 radical (unpaired) electrons. The topological polar surface area (TPSA) is 89.3 Å². The van der Waals surface area contributed by atoms with E-state index in [2.05, 4.69) is 0 Å². The second-order valence-electron chi connectivity index (χ2n) is 2.15. The van der Waals surface area contributed by atoms with Gasteiger partial charge < -0.3 is 16.6 Å². The van der Waals surface area contributed by atoms with Crippen molar-refractivity contribution in [2.75, 3.05) is 6.54 Å². The van der Waals surface area contributed by atoms with Crippen molar-refractivity contribution in [2.24, 2.45) is 11.5 Å². The first-order valence-electron chi connectivity index (χ1n) is 3.29. The maximum Gasteiger partial charge on any atom is 0.151 e. The number of hydrogen-bond donors (Lipinski definition) is 3. The zero-order valence-electron chi connectivity index (χ0n) is 6.08. The molecule has 0 aromatic heterocycles. The summed E-state index contributed by atoms with van der Waals surface area (Å²) in [6, 6.07) is -0.810. The van der Waals surface area contributed by atoms with Crippen LogP contribution in [0.1, 0.15) is 13.3 Å². The summed E-state index contributed by atoms with van der Waals surface area (Å²) in [5, 5.41) is 8.96. The maximum atomic E-state index is 10.8. The highest BCUT2D eigenvalue weighted by atomic mass is 16.3. The van der Waals surface area contributed by atoms with Gasteiger partial charge in [0.25, 0.3) is 0 Å². The van der Waals surface area contributed by atoms with E-state index in [9.17, 15) is 4.79 Å². The van der Waals surface area contributed by atoms with Crippen LogP contribution in [0.2, 0.25) is 0 Å². The van der Waals surface area contributed by atoms with E-state index in [1.54, 1.807) is 6.92 Å². The van der Waals surface area contributed by atoms with Crippen LogP contribution in [-0.2, 0) is 4.79 Å². The fourth-order valence-electron chi connectivity index (χ4n) is 0.597. The number of ketones is 1. The molecule has 0 aliphatic heterocycles. The Balaban J connectivity index is 3.81. The van der Waals surface area contributed by atoms with Crippen molar-refractivity contribution in [3.8, 4) is 0 Å². The van der Waals surface area contributed by atoms with Crippen molar-refractivity contribution >= 4 is 5.78 Å². The average molecular weight is 146 g/mol. The summed E-state index contributed by atoms with van der Waals surface area (Å²) < 4.78 is 0. The van der Waals surface area contributed by atoms with Gasteiger partial charge in [-0.25, -0.2) is 0 Å². The van der Waals surface area contributed by atoms with Gasteiger partial charge in [0, 0.05) is 13.0 Å². The first-order valence-corrected chi connectivity index (χ1v) is 3.29. The molecule has 0 aromatic carbocycles. The number of rotatable bonds is 4. The molecule has 5 N–H and O–H groups in total. The second kappa shape index (κ2) is 4.38. The van der Waals surface area contributed by atoms with Gasteiger partial charge in [-0.3, -0.25) is 4.79 Å². The van der Waals surface area contributed by atoms with E-state index in [-0.39, 0.29) is 12.3 Å². The third-order valence-electron chi connectivity index (χ3n) is 1.38. The molecular formula is C6H14N2O2. The van der Waals surface area contributed by atoms with Crippen molar-refractivity contribution in [1.82, 2.24) is 0 Å². The minimum atomic E-state index is -0.896. The molecule has 0 rings (SSSR count). The largest absolute Gasteiger partial charge is 0.390 e. The highest BCUT2D eigenvalue weighted by Gasteiger charge is 2.18. The Morgan fingerprint density at radius 2 is 2.20 bits per heavy atom. The van der Waals surface area contributed by atoms with E-state index in [0.717, 1.165) is 0 Å². The van der Waals surface area contributed by atoms with Crippen molar-refractivity contribution in [3.63, 3.8) is 0 Å². The van der Waals surface area contributed by atoms with Crippen molar-refractivity contribution in [2.45, 2.75) is 25.5 Å². The monoisotopic (exact) mass is 146 g/mol. The zero-order chi connectivity index (χ0) is 8.15. The van der Waals surface area contributed by atoms with Gasteiger partial charge in [0.15, 0.2) is 5.78 Å². The Morgan fingerprint density at radius 1 is 1.70 bits per heavy atom. The van der Waals surface area contributed by atoms with Crippen LogP contribution in [0.5, 0.6) is 0 Å². The van der Waals surface area contributed by atoms with Crippen LogP contribution in [0.25, 0.3) is 0 Å². The molecule has 0 saturated heterocycles. The van der Waals surface area contributed by atoms with Crippen molar-refractivity contribution < 1.29 is 9.90 Å². The van der Waals surface area contributed by atoms with Crippen molar-refractivity contribution in [3.05, 3.63) is 0 Å². The third kappa shape index (κ3) is 2.43. The molecule has 0 spiro atoms. The fourth-order valence-corrected chi connectivity index (χ4v) is 0.597. The van der Waals surface area contributed by atoms with Crippen LogP contribution in [-0.4, -0.2) is 29.6 Å². The van der Waals surface area contributed by atoms with Gasteiger partial charge in [-0.2, -0.15) is 0 Å². The lowest BCUT2D eigenvalue weighted by molar-refractivity contribution is -0.122. The predicted molar refractivity (Wildman–Crippen MR) is 38.3 cm³/mol. The summed E-state index contributed by atoms with van der Waals surface area (Å²) in [6.45, 7) is 1.73. The first-order chi connectivity index (χ1) is 4.63. The number of nitrogens with two attached hydrogens (primary N) is 2. The average Bonchev–Trinajstić information content (AvgIpc) is 2.00. The van der Waals surface area contributed by atoms with Crippen LogP contribution >= 0.6 is 0 Å². The lowest BCUT2D eigenvalue weighted by atomic mass is 10.1. The van der Waals surface area contributed by atoms with Crippen LogP contribution in [0.4, 0.5) is 0 Å². The minimum Gasteiger partial charge on any atom is -0.390 e. The lowest BCUT2D eigenvalue weighted by Crippen LogP contribution is -2.45. The van der Waals surface area contributed by atoms with Crippen LogP contribution < -0.4 is 11.5 Å². The lowest BCUT2D eigenvalue weighted by Gasteiger charge is -2.14. The molecule has 60 valence electrons. The molecule has 4 heteroatoms. The number of carbonyl (C=O) groups is 1. The van der Waals surface area contributed by atoms with Gasteiger partial charge in [-0.15, -0.1) is 0 Å². The highest BCUT2D eigenvalue weighted by molar-refractivity contribution is 5.84. The molecule has 2 unspecified atom stereocenters. The van der Waals surface area contributed by atoms with E-state index in [0.29, 0.717) is 6.42 Å². The molecule has 0 amide bonds. The highest BCUT2D eigenvalue weighted by Crippen LogP contribution is 1.92. The maximum absolute atomic E-state index is 10.8. The Labute approximate surface area is 60.2 Å². The van der Waals surface area contributed by atoms with Gasteiger partial charge >= 0.3 is 0 Å². The van der Waals surface area contributed by atoms with Crippen molar-refractivity contribution in [1.29, 1.82) is 0 Å². The molecular weight excluding hydrogens is 132 g/mol. The molecule has 4 nitrogen and oxygen atoms in total. The quantitative estimate of drug-likeness (QED) is 0.455. The number of Topliss-reactive ketones (excluding diaryl/α,β-unsaturated/α-hetero) is 1. The van der Waals surface area contributed by atoms with E-state index in [1.165, 1.54) is 0 Å². The third-order valence-corrected chi connectivity index (χ3v) is 1.38. The zero-order valence-corrected chi connectivity index (χ0v) is 6.08. The Morgan fingerprint density at radius 3 is 2.50 bits per heavy atom. The summed E-state index contributed by atoms with van der Waals surface area (Å²) in [6.07, 6.45) is -0.550. The van der Waals surface area contributed by atoms with E-state index >= 15 is 0 Å². The minimum absolute atomic E-state index is 0.0346. The molecule has 10 heavy (non-hydrogen) atoms. The normalized spacial score (nSPS) is 16.4. The van der Waals surface area contributed by atoms with Gasteiger partial charge in [0.05, 0.1) is 12.1 Å². The van der Waals surface area contributed by atoms with Gasteiger partial charge in [0.2, 0.25) is 0 Å². The molecule has 0 aliphatic carbocycles. The molecule has 2 atom stereocenters. The Bertz CT molecular complexity index is 116. The van der Waals surface area contributed by atoms with E-state index in [4.69, 9.17) is 16.6 Å². The number of hydrogen-bond acceptors (Lipinski definition) is 4. The van der Waals surface area contributed by atoms with Crippen LogP contribution in [0.3, 0.4) is 0 Å². The number of aliphatic hydroxyl groups excluding tert-OH is 1. The Hall–Kier alpha value is -0.450. The van der Waals surface area contributed by atoms with E-state index in [1.807, 2.05) is 0 Å². The predicted octanol–water partition coefficient (Wildman–Crippen LogP) is -1.39. The summed E-state index contributed by atoms with van der Waals surface area (Å²) in [5.74, 6) is -0.155. The fraction of sp³-hybridized carbons (Fsp3) is 0.833. The smallest absolute Gasteiger partial charge is 0.151 e. The number of aliphatic hydroxyl groups is 1. The molecule has 0 fully saturated rings. The van der Waals surface area contributed by atoms with Crippen LogP contribution in [0, 0.1) is 0 Å². The van der Waals surface area contributed by atoms with E-state index < -0.39 is 12.1 Å². The molecule has 0 saturated carbocycles. The standard InChI is InChI=1S/C6H14N2O2/c1-2-4(9)6(8)5(10)3-7/h5-6,10H,2-3,7-8H2,1H3.